The number of para-hydroxylation sites is 1. The van der Waals surface area contributed by atoms with Crippen LogP contribution in [0, 0.1) is 0 Å². The summed E-state index contributed by atoms with van der Waals surface area (Å²) in [5.41, 5.74) is 1.50. The predicted molar refractivity (Wildman–Crippen MR) is 81.4 cm³/mol. The van der Waals surface area contributed by atoms with Gasteiger partial charge in [0.1, 0.15) is 0 Å². The quantitative estimate of drug-likeness (QED) is 0.778. The first-order valence-corrected chi connectivity index (χ1v) is 7.26. The number of aliphatic carboxylic acids is 1. The molecule has 0 bridgehead atoms. The molecule has 2 rings (SSSR count). The van der Waals surface area contributed by atoms with Crippen LogP contribution in [0.5, 0.6) is 0 Å². The lowest BCUT2D eigenvalue weighted by molar-refractivity contribution is -0.138. The summed E-state index contributed by atoms with van der Waals surface area (Å²) in [5.74, 6) is -1.05. The minimum atomic E-state index is -0.843. The van der Waals surface area contributed by atoms with Crippen molar-refractivity contribution in [1.29, 1.82) is 0 Å². The highest BCUT2D eigenvalue weighted by atomic mass is 16.4. The molecular formula is C16H22N2O3. The molecule has 1 atom stereocenters. The van der Waals surface area contributed by atoms with Crippen LogP contribution >= 0.6 is 0 Å². The molecule has 5 heteroatoms. The SMILES string of the molecule is CC(C)(CCC(=O)O)NC(=O)C1CCNc2ccccc21. The molecule has 0 aliphatic carbocycles. The minimum Gasteiger partial charge on any atom is -0.481 e. The Labute approximate surface area is 124 Å². The van der Waals surface area contributed by atoms with E-state index in [-0.39, 0.29) is 18.2 Å². The Balaban J connectivity index is 2.06. The van der Waals surface area contributed by atoms with Gasteiger partial charge in [0, 0.05) is 24.2 Å². The Bertz CT molecular complexity index is 540. The summed E-state index contributed by atoms with van der Waals surface area (Å²) in [5, 5.41) is 15.1. The second kappa shape index (κ2) is 6.16. The Morgan fingerprint density at radius 3 is 2.81 bits per heavy atom. The van der Waals surface area contributed by atoms with Gasteiger partial charge in [-0.2, -0.15) is 0 Å². The van der Waals surface area contributed by atoms with E-state index in [4.69, 9.17) is 5.11 Å². The Morgan fingerprint density at radius 2 is 2.10 bits per heavy atom. The zero-order valence-electron chi connectivity index (χ0n) is 12.5. The minimum absolute atomic E-state index is 0.0284. The van der Waals surface area contributed by atoms with E-state index in [0.717, 1.165) is 24.2 Å². The first-order valence-electron chi connectivity index (χ1n) is 7.26. The fourth-order valence-corrected chi connectivity index (χ4v) is 2.64. The van der Waals surface area contributed by atoms with Crippen molar-refractivity contribution in [3.05, 3.63) is 29.8 Å². The Morgan fingerprint density at radius 1 is 1.38 bits per heavy atom. The lowest BCUT2D eigenvalue weighted by Gasteiger charge is -2.31. The zero-order valence-corrected chi connectivity index (χ0v) is 12.5. The van der Waals surface area contributed by atoms with Gasteiger partial charge >= 0.3 is 5.97 Å². The highest BCUT2D eigenvalue weighted by Gasteiger charge is 2.30. The van der Waals surface area contributed by atoms with Crippen LogP contribution in [-0.2, 0) is 9.59 Å². The maximum atomic E-state index is 12.5. The number of carbonyl (C=O) groups excluding carboxylic acids is 1. The molecule has 1 aliphatic heterocycles. The number of benzene rings is 1. The van der Waals surface area contributed by atoms with Crippen LogP contribution in [0.4, 0.5) is 5.69 Å². The standard InChI is InChI=1S/C16H22N2O3/c1-16(2,9-7-14(19)20)18-15(21)12-8-10-17-13-6-4-3-5-11(12)13/h3-6,12,17H,7-10H2,1-2H3,(H,18,21)(H,19,20). The van der Waals surface area contributed by atoms with Crippen LogP contribution in [0.2, 0.25) is 0 Å². The topological polar surface area (TPSA) is 78.4 Å². The van der Waals surface area contributed by atoms with Gasteiger partial charge in [-0.05, 0) is 38.3 Å². The number of amides is 1. The Kier molecular flexibility index (Phi) is 4.50. The van der Waals surface area contributed by atoms with E-state index in [1.165, 1.54) is 0 Å². The van der Waals surface area contributed by atoms with Gasteiger partial charge in [0.2, 0.25) is 5.91 Å². The molecule has 1 unspecified atom stereocenters. The average molecular weight is 290 g/mol. The van der Waals surface area contributed by atoms with Gasteiger partial charge in [-0.25, -0.2) is 0 Å². The molecule has 3 N–H and O–H groups in total. The van der Waals surface area contributed by atoms with Gasteiger partial charge in [0.25, 0.3) is 0 Å². The summed E-state index contributed by atoms with van der Waals surface area (Å²) in [6, 6.07) is 7.82. The third kappa shape index (κ3) is 3.97. The Hall–Kier alpha value is -2.04. The molecule has 114 valence electrons. The molecule has 1 aromatic rings. The lowest BCUT2D eigenvalue weighted by Crippen LogP contribution is -2.46. The van der Waals surface area contributed by atoms with E-state index in [1.54, 1.807) is 0 Å². The number of nitrogens with one attached hydrogen (secondary N) is 2. The molecule has 1 heterocycles. The summed E-state index contributed by atoms with van der Waals surface area (Å²) in [7, 11) is 0. The molecule has 0 radical (unpaired) electrons. The number of carboxylic acid groups (broad SMARTS) is 1. The third-order valence-electron chi connectivity index (χ3n) is 3.83. The van der Waals surface area contributed by atoms with Crippen LogP contribution < -0.4 is 10.6 Å². The summed E-state index contributed by atoms with van der Waals surface area (Å²) < 4.78 is 0. The van der Waals surface area contributed by atoms with E-state index >= 15 is 0 Å². The summed E-state index contributed by atoms with van der Waals surface area (Å²) in [4.78, 5) is 23.2. The molecule has 5 nitrogen and oxygen atoms in total. The number of rotatable bonds is 5. The number of anilines is 1. The molecule has 0 saturated carbocycles. The molecule has 0 fully saturated rings. The summed E-state index contributed by atoms with van der Waals surface area (Å²) in [6.45, 7) is 4.49. The molecular weight excluding hydrogens is 268 g/mol. The molecule has 1 aromatic carbocycles. The summed E-state index contributed by atoms with van der Waals surface area (Å²) >= 11 is 0. The van der Waals surface area contributed by atoms with Crippen LogP contribution in [0.15, 0.2) is 24.3 Å². The largest absolute Gasteiger partial charge is 0.481 e. The van der Waals surface area contributed by atoms with Crippen molar-refractivity contribution < 1.29 is 14.7 Å². The predicted octanol–water partition coefficient (Wildman–Crippen LogP) is 2.35. The van der Waals surface area contributed by atoms with Crippen LogP contribution in [0.3, 0.4) is 0 Å². The van der Waals surface area contributed by atoms with Gasteiger partial charge < -0.3 is 15.7 Å². The second-order valence-corrected chi connectivity index (χ2v) is 6.12. The molecule has 1 aliphatic rings. The van der Waals surface area contributed by atoms with Crippen molar-refractivity contribution in [2.45, 2.75) is 44.6 Å². The molecule has 21 heavy (non-hydrogen) atoms. The number of hydrogen-bond acceptors (Lipinski definition) is 3. The van der Waals surface area contributed by atoms with Crippen molar-refractivity contribution in [2.75, 3.05) is 11.9 Å². The lowest BCUT2D eigenvalue weighted by atomic mass is 9.88. The van der Waals surface area contributed by atoms with Crippen molar-refractivity contribution in [3.63, 3.8) is 0 Å². The van der Waals surface area contributed by atoms with Crippen molar-refractivity contribution >= 4 is 17.6 Å². The molecule has 0 spiro atoms. The van der Waals surface area contributed by atoms with Crippen LogP contribution in [0.1, 0.15) is 44.6 Å². The summed E-state index contributed by atoms with van der Waals surface area (Å²) in [6.07, 6.45) is 1.22. The van der Waals surface area contributed by atoms with Crippen molar-refractivity contribution in [2.24, 2.45) is 0 Å². The van der Waals surface area contributed by atoms with Gasteiger partial charge in [-0.1, -0.05) is 18.2 Å². The van der Waals surface area contributed by atoms with Crippen molar-refractivity contribution in [1.82, 2.24) is 5.32 Å². The van der Waals surface area contributed by atoms with E-state index in [9.17, 15) is 9.59 Å². The maximum Gasteiger partial charge on any atom is 0.303 e. The van der Waals surface area contributed by atoms with Crippen LogP contribution in [0.25, 0.3) is 0 Å². The second-order valence-electron chi connectivity index (χ2n) is 6.12. The number of carboxylic acids is 1. The smallest absolute Gasteiger partial charge is 0.303 e. The maximum absolute atomic E-state index is 12.5. The first kappa shape index (κ1) is 15.4. The van der Waals surface area contributed by atoms with Gasteiger partial charge in [0.05, 0.1) is 5.92 Å². The number of carbonyl (C=O) groups is 2. The fourth-order valence-electron chi connectivity index (χ4n) is 2.64. The zero-order chi connectivity index (χ0) is 15.5. The van der Waals surface area contributed by atoms with Gasteiger partial charge in [-0.3, -0.25) is 9.59 Å². The third-order valence-corrected chi connectivity index (χ3v) is 3.83. The van der Waals surface area contributed by atoms with E-state index in [1.807, 2.05) is 38.1 Å². The molecule has 0 saturated heterocycles. The van der Waals surface area contributed by atoms with Gasteiger partial charge in [0.15, 0.2) is 0 Å². The van der Waals surface area contributed by atoms with Crippen molar-refractivity contribution in [3.8, 4) is 0 Å². The first-order chi connectivity index (χ1) is 9.89. The number of hydrogen-bond donors (Lipinski definition) is 3. The van der Waals surface area contributed by atoms with Crippen LogP contribution in [-0.4, -0.2) is 29.1 Å². The molecule has 0 aromatic heterocycles. The van der Waals surface area contributed by atoms with Gasteiger partial charge in [-0.15, -0.1) is 0 Å². The fraction of sp³-hybridized carbons (Fsp3) is 0.500. The van der Waals surface area contributed by atoms with E-state index in [0.29, 0.717) is 6.42 Å². The normalized spacial score (nSPS) is 17.5. The average Bonchev–Trinajstić information content (AvgIpc) is 2.44. The van der Waals surface area contributed by atoms with E-state index < -0.39 is 11.5 Å². The molecule has 1 amide bonds. The van der Waals surface area contributed by atoms with E-state index in [2.05, 4.69) is 10.6 Å². The number of fused-ring (bicyclic) bond motifs is 1. The highest BCUT2D eigenvalue weighted by molar-refractivity contribution is 5.86. The monoisotopic (exact) mass is 290 g/mol. The highest BCUT2D eigenvalue weighted by Crippen LogP contribution is 2.32.